The molecule has 3 aromatic rings. The van der Waals surface area contributed by atoms with Crippen LogP contribution in [0, 0.1) is 20.8 Å². The van der Waals surface area contributed by atoms with Crippen molar-refractivity contribution in [2.45, 2.75) is 46.8 Å². The Hall–Kier alpha value is -2.81. The fraction of sp³-hybridized carbons (Fsp3) is 0.292. The van der Waals surface area contributed by atoms with Crippen molar-refractivity contribution in [3.05, 3.63) is 76.9 Å². The van der Waals surface area contributed by atoms with Crippen molar-refractivity contribution in [3.63, 3.8) is 0 Å². The van der Waals surface area contributed by atoms with Crippen molar-refractivity contribution in [2.24, 2.45) is 0 Å². The molecular weight excluding hydrogens is 334 g/mol. The summed E-state index contributed by atoms with van der Waals surface area (Å²) in [7, 11) is 0. The summed E-state index contributed by atoms with van der Waals surface area (Å²) in [6.07, 6.45) is -0.579. The maximum absolute atomic E-state index is 12.7. The van der Waals surface area contributed by atoms with E-state index in [1.807, 2.05) is 49.4 Å². The van der Waals surface area contributed by atoms with Gasteiger partial charge in [-0.15, -0.1) is 0 Å². The topological polar surface area (TPSA) is 38.3 Å². The molecule has 0 saturated heterocycles. The van der Waals surface area contributed by atoms with Gasteiger partial charge in [0.1, 0.15) is 5.75 Å². The molecular formula is C24H27NO2. The van der Waals surface area contributed by atoms with Gasteiger partial charge in [0, 0.05) is 5.39 Å². The molecule has 0 unspecified atom stereocenters. The number of ether oxygens (including phenoxy) is 1. The zero-order valence-electron chi connectivity index (χ0n) is 16.7. The smallest absolute Gasteiger partial charge is 0.261 e. The lowest BCUT2D eigenvalue weighted by Crippen LogP contribution is -2.38. The number of amides is 1. The van der Waals surface area contributed by atoms with Crippen LogP contribution in [-0.4, -0.2) is 12.0 Å². The van der Waals surface area contributed by atoms with Crippen LogP contribution in [0.4, 0.5) is 0 Å². The van der Waals surface area contributed by atoms with Crippen LogP contribution in [0.15, 0.2) is 54.6 Å². The number of hydrogen-bond acceptors (Lipinski definition) is 2. The zero-order chi connectivity index (χ0) is 19.6. The standard InChI is InChI=1S/C24H27NO2/c1-15-13-17(3)22(14-16(15)2)18(4)25-24(26)19(5)27-23-12-8-10-20-9-6-7-11-21(20)23/h6-14,18-19H,1-5H3,(H,25,26)/t18-,19+/m0/s1. The van der Waals surface area contributed by atoms with Crippen LogP contribution in [0.3, 0.4) is 0 Å². The van der Waals surface area contributed by atoms with E-state index in [9.17, 15) is 4.79 Å². The van der Waals surface area contributed by atoms with E-state index in [-0.39, 0.29) is 11.9 Å². The second-order valence-electron chi connectivity index (χ2n) is 7.26. The van der Waals surface area contributed by atoms with Crippen LogP contribution < -0.4 is 10.1 Å². The lowest BCUT2D eigenvalue weighted by Gasteiger charge is -2.21. The lowest BCUT2D eigenvalue weighted by atomic mass is 9.96. The number of benzene rings is 3. The van der Waals surface area contributed by atoms with Gasteiger partial charge in [0.05, 0.1) is 6.04 Å². The highest BCUT2D eigenvalue weighted by Crippen LogP contribution is 2.26. The Labute approximate surface area is 161 Å². The van der Waals surface area contributed by atoms with Gasteiger partial charge in [-0.3, -0.25) is 4.79 Å². The fourth-order valence-corrected chi connectivity index (χ4v) is 3.40. The molecule has 0 fully saturated rings. The largest absolute Gasteiger partial charge is 0.480 e. The van der Waals surface area contributed by atoms with Crippen LogP contribution in [-0.2, 0) is 4.79 Å². The monoisotopic (exact) mass is 361 g/mol. The predicted molar refractivity (Wildman–Crippen MR) is 111 cm³/mol. The Bertz CT molecular complexity index is 972. The van der Waals surface area contributed by atoms with Crippen molar-refractivity contribution >= 4 is 16.7 Å². The van der Waals surface area contributed by atoms with Crippen LogP contribution in [0.2, 0.25) is 0 Å². The van der Waals surface area contributed by atoms with E-state index >= 15 is 0 Å². The first-order valence-electron chi connectivity index (χ1n) is 9.39. The third-order valence-corrected chi connectivity index (χ3v) is 5.13. The summed E-state index contributed by atoms with van der Waals surface area (Å²) in [6.45, 7) is 10.1. The molecule has 1 amide bonds. The lowest BCUT2D eigenvalue weighted by molar-refractivity contribution is -0.127. The molecule has 0 aliphatic heterocycles. The molecule has 0 heterocycles. The summed E-state index contributed by atoms with van der Waals surface area (Å²) in [5.74, 6) is 0.610. The number of rotatable bonds is 5. The molecule has 27 heavy (non-hydrogen) atoms. The normalized spacial score (nSPS) is 13.2. The summed E-state index contributed by atoms with van der Waals surface area (Å²) in [5, 5.41) is 5.20. The average molecular weight is 361 g/mol. The first-order valence-corrected chi connectivity index (χ1v) is 9.39. The highest BCUT2D eigenvalue weighted by molar-refractivity contribution is 5.89. The Kier molecular flexibility index (Phi) is 5.50. The third kappa shape index (κ3) is 4.13. The van der Waals surface area contributed by atoms with Crippen LogP contribution in [0.1, 0.15) is 42.1 Å². The highest BCUT2D eigenvalue weighted by Gasteiger charge is 2.19. The molecule has 3 nitrogen and oxygen atoms in total. The van der Waals surface area contributed by atoms with Gasteiger partial charge in [0.25, 0.3) is 5.91 Å². The molecule has 0 aromatic heterocycles. The molecule has 3 heteroatoms. The van der Waals surface area contributed by atoms with E-state index in [4.69, 9.17) is 4.74 Å². The minimum absolute atomic E-state index is 0.0737. The number of fused-ring (bicyclic) bond motifs is 1. The molecule has 0 aliphatic carbocycles. The fourth-order valence-electron chi connectivity index (χ4n) is 3.40. The molecule has 3 rings (SSSR count). The van der Waals surface area contributed by atoms with Crippen molar-refractivity contribution in [1.82, 2.24) is 5.32 Å². The van der Waals surface area contributed by atoms with Crippen LogP contribution >= 0.6 is 0 Å². The maximum Gasteiger partial charge on any atom is 0.261 e. The molecule has 0 bridgehead atoms. The number of carbonyl (C=O) groups is 1. The number of aryl methyl sites for hydroxylation is 3. The molecule has 0 spiro atoms. The Morgan fingerprint density at radius 2 is 1.56 bits per heavy atom. The molecule has 2 atom stereocenters. The summed E-state index contributed by atoms with van der Waals surface area (Å²) < 4.78 is 5.99. The predicted octanol–water partition coefficient (Wildman–Crippen LogP) is 5.41. The Morgan fingerprint density at radius 3 is 2.33 bits per heavy atom. The second-order valence-corrected chi connectivity index (χ2v) is 7.26. The number of hydrogen-bond donors (Lipinski definition) is 1. The molecule has 3 aromatic carbocycles. The Balaban J connectivity index is 1.73. The van der Waals surface area contributed by atoms with Crippen molar-refractivity contribution in [2.75, 3.05) is 0 Å². The van der Waals surface area contributed by atoms with Crippen LogP contribution in [0.25, 0.3) is 10.8 Å². The van der Waals surface area contributed by atoms with E-state index < -0.39 is 6.10 Å². The minimum atomic E-state index is -0.579. The summed E-state index contributed by atoms with van der Waals surface area (Å²) >= 11 is 0. The molecule has 0 radical (unpaired) electrons. The maximum atomic E-state index is 12.7. The molecule has 0 saturated carbocycles. The van der Waals surface area contributed by atoms with Crippen molar-refractivity contribution < 1.29 is 9.53 Å². The molecule has 140 valence electrons. The quantitative estimate of drug-likeness (QED) is 0.660. The summed E-state index contributed by atoms with van der Waals surface area (Å²) in [6, 6.07) is 18.2. The van der Waals surface area contributed by atoms with Gasteiger partial charge < -0.3 is 10.1 Å². The number of nitrogens with one attached hydrogen (secondary N) is 1. The first kappa shape index (κ1) is 19.0. The Morgan fingerprint density at radius 1 is 0.889 bits per heavy atom. The van der Waals surface area contributed by atoms with Gasteiger partial charge in [-0.1, -0.05) is 48.5 Å². The molecule has 1 N–H and O–H groups in total. The van der Waals surface area contributed by atoms with E-state index in [1.165, 1.54) is 16.7 Å². The first-order chi connectivity index (χ1) is 12.9. The van der Waals surface area contributed by atoms with E-state index in [2.05, 4.69) is 38.2 Å². The summed E-state index contributed by atoms with van der Waals surface area (Å²) in [4.78, 5) is 12.7. The SMILES string of the molecule is Cc1cc(C)c([C@H](C)NC(=O)[C@@H](C)Oc2cccc3ccccc23)cc1C. The van der Waals surface area contributed by atoms with Gasteiger partial charge in [-0.25, -0.2) is 0 Å². The van der Waals surface area contributed by atoms with E-state index in [0.717, 1.165) is 22.1 Å². The summed E-state index contributed by atoms with van der Waals surface area (Å²) in [5.41, 5.74) is 4.83. The van der Waals surface area contributed by atoms with Gasteiger partial charge in [0.15, 0.2) is 6.10 Å². The zero-order valence-corrected chi connectivity index (χ0v) is 16.7. The number of carbonyl (C=O) groups excluding carboxylic acids is 1. The van der Waals surface area contributed by atoms with Gasteiger partial charge in [0.2, 0.25) is 0 Å². The van der Waals surface area contributed by atoms with Gasteiger partial charge >= 0.3 is 0 Å². The minimum Gasteiger partial charge on any atom is -0.480 e. The van der Waals surface area contributed by atoms with Crippen molar-refractivity contribution in [1.29, 1.82) is 0 Å². The highest BCUT2D eigenvalue weighted by atomic mass is 16.5. The van der Waals surface area contributed by atoms with Crippen molar-refractivity contribution in [3.8, 4) is 5.75 Å². The van der Waals surface area contributed by atoms with E-state index in [0.29, 0.717) is 0 Å². The van der Waals surface area contributed by atoms with E-state index in [1.54, 1.807) is 6.92 Å². The second kappa shape index (κ2) is 7.83. The molecule has 0 aliphatic rings. The average Bonchev–Trinajstić information content (AvgIpc) is 2.64. The van der Waals surface area contributed by atoms with Gasteiger partial charge in [-0.05, 0) is 68.3 Å². The van der Waals surface area contributed by atoms with Gasteiger partial charge in [-0.2, -0.15) is 0 Å². The third-order valence-electron chi connectivity index (χ3n) is 5.13. The van der Waals surface area contributed by atoms with Crippen LogP contribution in [0.5, 0.6) is 5.75 Å².